The van der Waals surface area contributed by atoms with Crippen molar-refractivity contribution in [2.45, 2.75) is 302 Å². The minimum absolute atomic E-state index is 0.0107. The third-order valence-electron chi connectivity index (χ3n) is 24.5. The van der Waals surface area contributed by atoms with Gasteiger partial charge in [0.15, 0.2) is 0 Å². The minimum Gasteiger partial charge on any atom is -0.462 e. The fraction of sp³-hybridized carbons (Fsp3) is 0.870. The molecule has 117 heavy (non-hydrogen) atoms. The Morgan fingerprint density at radius 2 is 0.863 bits per heavy atom. The zero-order valence-electron chi connectivity index (χ0n) is 72.5. The number of ketones is 3. The second-order valence-corrected chi connectivity index (χ2v) is 44.0. The van der Waals surface area contributed by atoms with Crippen molar-refractivity contribution in [1.29, 1.82) is 0 Å². The van der Waals surface area contributed by atoms with Crippen LogP contribution < -0.4 is 23.6 Å². The van der Waals surface area contributed by atoms with Crippen LogP contribution in [0, 0.1) is 98.6 Å². The van der Waals surface area contributed by atoms with Crippen molar-refractivity contribution in [1.82, 2.24) is 23.6 Å². The summed E-state index contributed by atoms with van der Waals surface area (Å²) in [7, 11) is -21.5. The van der Waals surface area contributed by atoms with Gasteiger partial charge in [0.25, 0.3) is 0 Å². The number of aliphatic hydroxyl groups is 1. The lowest BCUT2D eigenvalue weighted by atomic mass is 9.75. The molecule has 684 valence electrons. The number of sulfonamides is 5. The van der Waals surface area contributed by atoms with Gasteiger partial charge < -0.3 is 14.6 Å². The largest absolute Gasteiger partial charge is 0.516 e. The van der Waals surface area contributed by atoms with Gasteiger partial charge in [-0.15, -0.1) is 0 Å². The van der Waals surface area contributed by atoms with E-state index in [9.17, 15) is 126 Å². The molecule has 0 spiro atoms. The molecule has 7 aliphatic rings. The van der Waals surface area contributed by atoms with Crippen LogP contribution in [0.5, 0.6) is 0 Å². The number of ether oxygens (including phenoxy) is 2. The highest BCUT2D eigenvalue weighted by Gasteiger charge is 2.56. The summed E-state index contributed by atoms with van der Waals surface area (Å²) in [5.74, 6) is -1.81. The second kappa shape index (κ2) is 44.5. The summed E-state index contributed by atoms with van der Waals surface area (Å²) in [6, 6.07) is 0. The number of halogens is 7. The van der Waals surface area contributed by atoms with Crippen molar-refractivity contribution in [3.63, 3.8) is 0 Å². The number of amides is 5. The molecule has 7 fully saturated rings. The second-order valence-electron chi connectivity index (χ2n) is 35.2. The first-order valence-corrected chi connectivity index (χ1v) is 48.1. The highest BCUT2D eigenvalue weighted by Crippen LogP contribution is 2.56. The molecule has 0 aliphatic heterocycles. The molecule has 0 radical (unpaired) electrons. The minimum atomic E-state index is -5.59. The van der Waals surface area contributed by atoms with Crippen molar-refractivity contribution >= 4 is 109 Å². The number of Topliss-reactive ketones (excluding diaryl/α,β-unsaturated/α-hetero) is 3. The van der Waals surface area contributed by atoms with Crippen molar-refractivity contribution in [3.8, 4) is 0 Å². The van der Waals surface area contributed by atoms with Gasteiger partial charge in [0.2, 0.25) is 59.6 Å². The fourth-order valence-electron chi connectivity index (χ4n) is 14.3. The molecule has 7 rings (SSSR count). The highest BCUT2D eigenvalue weighted by atomic mass is 32.2. The number of carbonyl (C=O) groups excluding carboxylic acids is 10. The predicted molar refractivity (Wildman–Crippen MR) is 426 cm³/mol. The van der Waals surface area contributed by atoms with Gasteiger partial charge in [-0.3, -0.25) is 62.1 Å². The van der Waals surface area contributed by atoms with E-state index in [4.69, 9.17) is 9.47 Å². The monoisotopic (exact) mass is 1790 g/mol. The maximum absolute atomic E-state index is 14.0. The standard InChI is InChI=1S/C12H23NO3S.C12H20O5.C11H16F3NO3S.C11H19NO3S.C10H19FO.C7H12F3NO3S.C7H15NO3S.C7H10O2/c1-4-12(2,3)11(14)13-17(15,16)10-8-6-5-7-9-10;1-5-12(3,4)11(15)17-7-6-16-10(14)8-9(2)13;1-5-6(2)8-3-7(5)4-9(8)10(16)15-19(17,18)11(12,13)14;1-6-7(2)9-4-8(6)5-10(9)11(13)12-16(3,14)15;1-4-8-6-9(3,12)7-10(8,11)5-2;1-4-6(2,3)5(12)11-15(13,14)7(8,9)10;1-5-7(2,3)6(9)8-12(4,10)11;1-4-5(2)7(9)3-6(4)8/h10H,4-9H2,1-3H3,(H,13,14);5-8H2,1-4H3;5-9H,3-4H2,1-2H3,(H,15,16);6-10H,4-5H2,1-3H3,(H,12,13);8,12H,4-7H2,1-3H3;4H2,1-3H3,(H,11,12);5H2,1-4H3,(H,8,9);4-5H,3H2,1-2H3. The topological polar surface area (TPSA) is 440 Å². The molecule has 0 aromatic carbocycles. The molecule has 7 saturated carbocycles. The third-order valence-corrected chi connectivity index (χ3v) is 29.6. The number of carbonyl (C=O) groups is 10. The van der Waals surface area contributed by atoms with Gasteiger partial charge in [0.05, 0.1) is 35.2 Å². The molecule has 0 aromatic rings. The van der Waals surface area contributed by atoms with Crippen molar-refractivity contribution in [3.05, 3.63) is 0 Å². The van der Waals surface area contributed by atoms with Gasteiger partial charge >= 0.3 is 43.0 Å². The fourth-order valence-corrected chi connectivity index (χ4v) is 18.2. The normalized spacial score (nSPS) is 27.1. The summed E-state index contributed by atoms with van der Waals surface area (Å²) in [6.45, 7) is 39.4. The quantitative estimate of drug-likeness (QED) is 0.0239. The van der Waals surface area contributed by atoms with E-state index < -0.39 is 124 Å². The van der Waals surface area contributed by atoms with Gasteiger partial charge in [0, 0.05) is 46.3 Å². The van der Waals surface area contributed by atoms with Gasteiger partial charge in [-0.1, -0.05) is 150 Å². The van der Waals surface area contributed by atoms with Crippen LogP contribution in [0.4, 0.5) is 30.7 Å². The summed E-state index contributed by atoms with van der Waals surface area (Å²) >= 11 is 0. The van der Waals surface area contributed by atoms with Crippen LogP contribution in [0.2, 0.25) is 0 Å². The number of hydrogen-bond acceptors (Lipinski definition) is 23. The molecule has 0 aromatic heterocycles. The Morgan fingerprint density at radius 1 is 0.504 bits per heavy atom. The number of hydrogen-bond donors (Lipinski definition) is 6. The molecule has 4 bridgehead atoms. The van der Waals surface area contributed by atoms with Crippen molar-refractivity contribution in [2.75, 3.05) is 25.7 Å². The molecular weight excluding hydrogens is 1660 g/mol. The zero-order chi connectivity index (χ0) is 92.2. The maximum Gasteiger partial charge on any atom is 0.516 e. The summed E-state index contributed by atoms with van der Waals surface area (Å²) in [4.78, 5) is 112. The van der Waals surface area contributed by atoms with E-state index in [0.717, 1.165) is 62.2 Å². The molecule has 7 aliphatic carbocycles. The van der Waals surface area contributed by atoms with E-state index in [1.807, 2.05) is 60.1 Å². The smallest absolute Gasteiger partial charge is 0.462 e. The Hall–Kier alpha value is -5.48. The van der Waals surface area contributed by atoms with Gasteiger partial charge in [-0.05, 0) is 158 Å². The average Bonchev–Trinajstić information content (AvgIpc) is 1.61. The Kier molecular flexibility index (Phi) is 42.5. The molecule has 15 atom stereocenters. The summed E-state index contributed by atoms with van der Waals surface area (Å²) in [6.07, 6.45) is 13.9. The summed E-state index contributed by atoms with van der Waals surface area (Å²) in [5.41, 5.74) is -15.7. The first-order valence-electron chi connectivity index (χ1n) is 39.8. The van der Waals surface area contributed by atoms with Crippen LogP contribution in [0.1, 0.15) is 274 Å². The molecule has 0 heterocycles. The molecule has 40 heteroatoms. The van der Waals surface area contributed by atoms with E-state index in [-0.39, 0.29) is 108 Å². The van der Waals surface area contributed by atoms with E-state index in [0.29, 0.717) is 93.3 Å². The number of fused-ring (bicyclic) bond motifs is 4. The number of rotatable bonds is 23. The number of esters is 2. The predicted octanol–water partition coefficient (Wildman–Crippen LogP) is 11.9. The maximum atomic E-state index is 14.0. The van der Waals surface area contributed by atoms with Crippen LogP contribution in [0.15, 0.2) is 0 Å². The first kappa shape index (κ1) is 112. The zero-order valence-corrected chi connectivity index (χ0v) is 76.6. The highest BCUT2D eigenvalue weighted by molar-refractivity contribution is 7.91. The number of nitrogens with one attached hydrogen (secondary N) is 5. The van der Waals surface area contributed by atoms with Crippen LogP contribution in [0.3, 0.4) is 0 Å². The molecule has 6 N–H and O–H groups in total. The van der Waals surface area contributed by atoms with Gasteiger partial charge in [-0.25, -0.2) is 39.1 Å². The first-order chi connectivity index (χ1) is 52.6. The summed E-state index contributed by atoms with van der Waals surface area (Å²) in [5, 5.41) is 9.34. The van der Waals surface area contributed by atoms with Crippen molar-refractivity contribution < 1.29 is 135 Å². The van der Waals surface area contributed by atoms with Crippen molar-refractivity contribution in [2.24, 2.45) is 98.6 Å². The number of alkyl halides is 7. The Morgan fingerprint density at radius 3 is 1.17 bits per heavy atom. The van der Waals surface area contributed by atoms with E-state index >= 15 is 0 Å². The van der Waals surface area contributed by atoms with Gasteiger partial charge in [-0.2, -0.15) is 43.2 Å². The third kappa shape index (κ3) is 35.1. The summed E-state index contributed by atoms with van der Waals surface area (Å²) < 4.78 is 215. The Labute approximate surface area is 690 Å². The van der Waals surface area contributed by atoms with Crippen LogP contribution >= 0.6 is 0 Å². The Balaban J connectivity index is 0.00000132. The average molecular weight is 1790 g/mol. The lowest BCUT2D eigenvalue weighted by Gasteiger charge is -2.30. The van der Waals surface area contributed by atoms with E-state index in [2.05, 4.69) is 30.2 Å². The molecule has 0 saturated heterocycles. The van der Waals surface area contributed by atoms with E-state index in [1.165, 1.54) is 25.5 Å². The van der Waals surface area contributed by atoms with Crippen LogP contribution in [-0.4, -0.2) is 159 Å². The lowest BCUT2D eigenvalue weighted by molar-refractivity contribution is -0.159. The molecule has 5 amide bonds. The molecule has 15 unspecified atom stereocenters. The molecular formula is C77H134F7N5O23S5. The SMILES string of the molecule is CC1C(=O)CC(=O)C1C.CC1C2CC(C(=O)NS(=O)(=O)C(F)(F)F)C(C2)C1C.CC1C2CC(C(=O)NS(C)(=O)=O)C(C2)C1C.CCC(C)(C)C(=O)NS(=O)(=O)C(F)(F)F.CCC(C)(C)C(=O)NS(=O)(=O)C1CCCCC1.CCC(C)(C)C(=O)NS(C)(=O)=O.CCC(C)(C)C(=O)OCCOC(=O)CC(C)=O.CCC1CC(C)(O)CC1(F)CC. The van der Waals surface area contributed by atoms with Gasteiger partial charge in [0.1, 0.15) is 42.7 Å². The lowest BCUT2D eigenvalue weighted by Crippen LogP contribution is -2.45. The van der Waals surface area contributed by atoms with Crippen LogP contribution in [-0.2, 0) is 108 Å². The Bertz CT molecular complexity index is 3980. The molecule has 28 nitrogen and oxygen atoms in total. The van der Waals surface area contributed by atoms with Crippen LogP contribution in [0.25, 0.3) is 0 Å². The van der Waals surface area contributed by atoms with E-state index in [1.54, 1.807) is 55.4 Å².